The van der Waals surface area contributed by atoms with Gasteiger partial charge in [0.15, 0.2) is 4.34 Å². The number of piperidine rings is 1. The summed E-state index contributed by atoms with van der Waals surface area (Å²) in [5.74, 6) is 1.95. The Morgan fingerprint density at radius 3 is 3.14 bits per heavy atom. The zero-order valence-corrected chi connectivity index (χ0v) is 14.2. The number of rotatable bonds is 6. The number of hydrogen-bond donors (Lipinski definition) is 1. The van der Waals surface area contributed by atoms with Crippen LogP contribution < -0.4 is 5.32 Å². The number of hydrogen-bond acceptors (Lipinski definition) is 7. The fourth-order valence-corrected chi connectivity index (χ4v) is 4.85. The van der Waals surface area contributed by atoms with Gasteiger partial charge in [0.2, 0.25) is 5.13 Å². The molecular formula is C14H24N4OS2. The number of nitrogens with zero attached hydrogens (tertiary/aromatic N) is 3. The van der Waals surface area contributed by atoms with Crippen LogP contribution in [0.5, 0.6) is 0 Å². The van der Waals surface area contributed by atoms with Gasteiger partial charge in [-0.15, -0.1) is 10.2 Å². The molecule has 2 saturated heterocycles. The van der Waals surface area contributed by atoms with Crippen LogP contribution in [0.2, 0.25) is 0 Å². The van der Waals surface area contributed by atoms with Crippen LogP contribution in [-0.2, 0) is 4.74 Å². The second kappa shape index (κ2) is 7.76. The van der Waals surface area contributed by atoms with Crippen LogP contribution >= 0.6 is 23.1 Å². The summed E-state index contributed by atoms with van der Waals surface area (Å²) in [5.41, 5.74) is 0. The van der Waals surface area contributed by atoms with E-state index in [2.05, 4.69) is 27.5 Å². The Hall–Kier alpha value is -0.370. The third kappa shape index (κ3) is 4.81. The fraction of sp³-hybridized carbons (Fsp3) is 0.857. The van der Waals surface area contributed by atoms with Crippen LogP contribution in [-0.4, -0.2) is 60.2 Å². The molecule has 0 radical (unpaired) electrons. The van der Waals surface area contributed by atoms with Crippen LogP contribution in [0.1, 0.15) is 25.7 Å². The molecule has 2 aliphatic heterocycles. The minimum Gasteiger partial charge on any atom is -0.376 e. The van der Waals surface area contributed by atoms with Gasteiger partial charge >= 0.3 is 0 Å². The Morgan fingerprint density at radius 1 is 1.38 bits per heavy atom. The zero-order chi connectivity index (χ0) is 14.5. The molecular weight excluding hydrogens is 304 g/mol. The highest BCUT2D eigenvalue weighted by Crippen LogP contribution is 2.29. The number of nitrogens with one attached hydrogen (secondary N) is 1. The van der Waals surface area contributed by atoms with E-state index in [1.807, 2.05) is 11.8 Å². The Morgan fingerprint density at radius 2 is 2.33 bits per heavy atom. The SMILES string of the molecule is CN1CCC[C@H](CSc2nnc(NC[C@@H]3CCCO3)s2)C1. The van der Waals surface area contributed by atoms with Crippen molar-refractivity contribution >= 4 is 28.2 Å². The molecule has 0 saturated carbocycles. The monoisotopic (exact) mass is 328 g/mol. The first-order chi connectivity index (χ1) is 10.3. The highest BCUT2D eigenvalue weighted by Gasteiger charge is 2.19. The molecule has 0 unspecified atom stereocenters. The number of thioether (sulfide) groups is 1. The summed E-state index contributed by atoms with van der Waals surface area (Å²) in [6.45, 7) is 4.22. The highest BCUT2D eigenvalue weighted by atomic mass is 32.2. The van der Waals surface area contributed by atoms with E-state index in [9.17, 15) is 0 Å². The largest absolute Gasteiger partial charge is 0.376 e. The second-order valence-electron chi connectivity index (χ2n) is 5.97. The summed E-state index contributed by atoms with van der Waals surface area (Å²) in [6.07, 6.45) is 5.36. The van der Waals surface area contributed by atoms with Gasteiger partial charge in [-0.3, -0.25) is 0 Å². The van der Waals surface area contributed by atoms with Gasteiger partial charge in [-0.1, -0.05) is 23.1 Å². The van der Waals surface area contributed by atoms with E-state index in [0.717, 1.165) is 40.7 Å². The fourth-order valence-electron chi connectivity index (χ4n) is 2.94. The standard InChI is InChI=1S/C14H24N4OS2/c1-18-6-2-4-11(9-18)10-20-14-17-16-13(21-14)15-8-12-5-3-7-19-12/h11-12H,2-10H2,1H3,(H,15,16)/t11-,12-/m0/s1. The van der Waals surface area contributed by atoms with Crippen molar-refractivity contribution in [2.45, 2.75) is 36.1 Å². The Kier molecular flexibility index (Phi) is 5.74. The Bertz CT molecular complexity index is 436. The zero-order valence-electron chi connectivity index (χ0n) is 12.6. The maximum absolute atomic E-state index is 5.60. The first-order valence-corrected chi connectivity index (χ1v) is 9.60. The lowest BCUT2D eigenvalue weighted by Gasteiger charge is -2.29. The summed E-state index contributed by atoms with van der Waals surface area (Å²) in [6, 6.07) is 0. The molecule has 7 heteroatoms. The van der Waals surface area contributed by atoms with Crippen molar-refractivity contribution < 1.29 is 4.74 Å². The van der Waals surface area contributed by atoms with Crippen LogP contribution in [0.25, 0.3) is 0 Å². The Labute approximate surface area is 134 Å². The van der Waals surface area contributed by atoms with Gasteiger partial charge in [-0.2, -0.15) is 0 Å². The maximum atomic E-state index is 5.60. The van der Waals surface area contributed by atoms with E-state index >= 15 is 0 Å². The topological polar surface area (TPSA) is 50.3 Å². The molecule has 0 bridgehead atoms. The third-order valence-corrected chi connectivity index (χ3v) is 6.32. The molecule has 3 heterocycles. The van der Waals surface area contributed by atoms with Gasteiger partial charge in [-0.25, -0.2) is 0 Å². The van der Waals surface area contributed by atoms with Crippen LogP contribution in [0.3, 0.4) is 0 Å². The van der Waals surface area contributed by atoms with Crippen molar-refractivity contribution in [3.05, 3.63) is 0 Å². The summed E-state index contributed by atoms with van der Waals surface area (Å²) < 4.78 is 6.68. The lowest BCUT2D eigenvalue weighted by atomic mass is 10.0. The molecule has 2 atom stereocenters. The first-order valence-electron chi connectivity index (χ1n) is 7.80. The van der Waals surface area contributed by atoms with E-state index in [1.54, 1.807) is 11.3 Å². The predicted octanol–water partition coefficient (Wildman–Crippen LogP) is 2.56. The Balaban J connectivity index is 1.39. The molecule has 1 aromatic rings. The van der Waals surface area contributed by atoms with Crippen LogP contribution in [0.4, 0.5) is 5.13 Å². The quantitative estimate of drug-likeness (QED) is 0.810. The van der Waals surface area contributed by atoms with Gasteiger partial charge in [0.25, 0.3) is 0 Å². The molecule has 5 nitrogen and oxygen atoms in total. The van der Waals surface area contributed by atoms with Crippen molar-refractivity contribution in [1.29, 1.82) is 0 Å². The second-order valence-corrected chi connectivity index (χ2v) is 8.22. The normalized spacial score (nSPS) is 27.1. The lowest BCUT2D eigenvalue weighted by molar-refractivity contribution is 0.120. The summed E-state index contributed by atoms with van der Waals surface area (Å²) in [5, 5.41) is 12.8. The third-order valence-electron chi connectivity index (χ3n) is 4.08. The van der Waals surface area contributed by atoms with Crippen molar-refractivity contribution in [2.24, 2.45) is 5.92 Å². The predicted molar refractivity (Wildman–Crippen MR) is 88.3 cm³/mol. The van der Waals surface area contributed by atoms with Gasteiger partial charge in [0.1, 0.15) is 0 Å². The number of ether oxygens (including phenoxy) is 1. The highest BCUT2D eigenvalue weighted by molar-refractivity contribution is 8.01. The molecule has 1 aromatic heterocycles. The molecule has 1 N–H and O–H groups in total. The van der Waals surface area contributed by atoms with Crippen molar-refractivity contribution in [3.63, 3.8) is 0 Å². The van der Waals surface area contributed by atoms with Gasteiger partial charge in [0.05, 0.1) is 6.10 Å². The average molecular weight is 329 g/mol. The average Bonchev–Trinajstić information content (AvgIpc) is 3.15. The summed E-state index contributed by atoms with van der Waals surface area (Å²) in [7, 11) is 2.22. The lowest BCUT2D eigenvalue weighted by Crippen LogP contribution is -2.33. The van der Waals surface area contributed by atoms with E-state index in [-0.39, 0.29) is 0 Å². The van der Waals surface area contributed by atoms with Crippen molar-refractivity contribution in [2.75, 3.05) is 44.4 Å². The molecule has 0 aromatic carbocycles. The molecule has 2 aliphatic rings. The van der Waals surface area contributed by atoms with Gasteiger partial charge in [-0.05, 0) is 45.2 Å². The van der Waals surface area contributed by atoms with Crippen molar-refractivity contribution in [3.8, 4) is 0 Å². The molecule has 0 spiro atoms. The molecule has 3 rings (SSSR count). The van der Waals surface area contributed by atoms with E-state index in [4.69, 9.17) is 4.74 Å². The van der Waals surface area contributed by atoms with Crippen LogP contribution in [0.15, 0.2) is 4.34 Å². The van der Waals surface area contributed by atoms with E-state index < -0.39 is 0 Å². The number of likely N-dealkylation sites (tertiary alicyclic amines) is 1. The van der Waals surface area contributed by atoms with E-state index in [0.29, 0.717) is 6.10 Å². The molecule has 2 fully saturated rings. The summed E-state index contributed by atoms with van der Waals surface area (Å²) >= 11 is 3.52. The molecule has 118 valence electrons. The van der Waals surface area contributed by atoms with Crippen molar-refractivity contribution in [1.82, 2.24) is 15.1 Å². The maximum Gasteiger partial charge on any atom is 0.206 e. The first kappa shape index (κ1) is 15.5. The molecule has 0 amide bonds. The smallest absolute Gasteiger partial charge is 0.206 e. The van der Waals surface area contributed by atoms with Gasteiger partial charge < -0.3 is 15.0 Å². The van der Waals surface area contributed by atoms with E-state index in [1.165, 1.54) is 32.4 Å². The molecule has 0 aliphatic carbocycles. The number of aromatic nitrogens is 2. The summed E-state index contributed by atoms with van der Waals surface area (Å²) in [4.78, 5) is 2.43. The van der Waals surface area contributed by atoms with Gasteiger partial charge in [0, 0.05) is 25.4 Å². The minimum absolute atomic E-state index is 0.350. The minimum atomic E-state index is 0.350. The number of anilines is 1. The molecule has 21 heavy (non-hydrogen) atoms. The van der Waals surface area contributed by atoms with Crippen LogP contribution in [0, 0.1) is 5.92 Å².